The fourth-order valence-corrected chi connectivity index (χ4v) is 5.48. The molecule has 1 atom stereocenters. The predicted molar refractivity (Wildman–Crippen MR) is 81.3 cm³/mol. The van der Waals surface area contributed by atoms with Crippen LogP contribution >= 0.6 is 11.3 Å². The molecule has 3 rings (SSSR count). The molecule has 1 aliphatic rings. The van der Waals surface area contributed by atoms with Gasteiger partial charge in [0.15, 0.2) is 0 Å². The first-order chi connectivity index (χ1) is 9.90. The lowest BCUT2D eigenvalue weighted by molar-refractivity contribution is 0.0698. The third kappa shape index (κ3) is 2.68. The van der Waals surface area contributed by atoms with Crippen molar-refractivity contribution in [3.05, 3.63) is 29.1 Å². The number of carboxylic acid groups (broad SMARTS) is 1. The first-order valence-corrected chi connectivity index (χ1v) is 8.97. The molecule has 0 bridgehead atoms. The van der Waals surface area contributed by atoms with Gasteiger partial charge in [-0.15, -0.1) is 11.3 Å². The summed E-state index contributed by atoms with van der Waals surface area (Å²) in [6.45, 7) is 1.82. The average molecular weight is 325 g/mol. The fraction of sp³-hybridized carbons (Fsp3) is 0.357. The number of hydrogen-bond acceptors (Lipinski definition) is 4. The zero-order valence-corrected chi connectivity index (χ0v) is 13.0. The van der Waals surface area contributed by atoms with Gasteiger partial charge in [0.1, 0.15) is 9.77 Å². The number of hydrogen-bond donors (Lipinski definition) is 2. The Hall–Kier alpha value is -1.44. The largest absolute Gasteiger partial charge is 0.477 e. The lowest BCUT2D eigenvalue weighted by Crippen LogP contribution is -2.34. The van der Waals surface area contributed by atoms with Crippen molar-refractivity contribution >= 4 is 37.4 Å². The van der Waals surface area contributed by atoms with Crippen LogP contribution in [0, 0.1) is 5.92 Å². The van der Waals surface area contributed by atoms with Crippen LogP contribution in [0.15, 0.2) is 29.2 Å². The molecule has 1 aromatic heterocycles. The Kier molecular flexibility index (Phi) is 3.51. The molecular weight excluding hydrogens is 310 g/mol. The number of carboxylic acids is 1. The molecule has 7 heteroatoms. The van der Waals surface area contributed by atoms with Gasteiger partial charge in [-0.05, 0) is 31.7 Å². The standard InChI is InChI=1S/C14H15NO4S2/c1-8(9-6-7-9)15-21(18,19)13-10-4-2-3-5-11(10)20-12(13)14(16)17/h2-5,8-9,15H,6-7H2,1H3,(H,16,17). The molecule has 21 heavy (non-hydrogen) atoms. The lowest BCUT2D eigenvalue weighted by atomic mass is 10.2. The maximum absolute atomic E-state index is 12.6. The number of thiophene rings is 1. The van der Waals surface area contributed by atoms with Crippen LogP contribution in [-0.2, 0) is 10.0 Å². The maximum Gasteiger partial charge on any atom is 0.347 e. The van der Waals surface area contributed by atoms with Gasteiger partial charge in [0.2, 0.25) is 10.0 Å². The molecule has 1 unspecified atom stereocenters. The molecular formula is C14H15NO4S2. The highest BCUT2D eigenvalue weighted by Gasteiger charge is 2.34. The third-order valence-electron chi connectivity index (χ3n) is 3.68. The van der Waals surface area contributed by atoms with E-state index in [1.807, 2.05) is 6.92 Å². The van der Waals surface area contributed by atoms with Crippen molar-refractivity contribution in [2.75, 3.05) is 0 Å². The summed E-state index contributed by atoms with van der Waals surface area (Å²) in [5, 5.41) is 9.77. The highest BCUT2D eigenvalue weighted by Crippen LogP contribution is 2.37. The van der Waals surface area contributed by atoms with Crippen LogP contribution in [-0.4, -0.2) is 25.5 Å². The van der Waals surface area contributed by atoms with Gasteiger partial charge in [0.25, 0.3) is 0 Å². The molecule has 0 saturated heterocycles. The SMILES string of the molecule is CC(NS(=O)(=O)c1c(C(=O)O)sc2ccccc12)C1CC1. The Morgan fingerprint density at radius 2 is 2.05 bits per heavy atom. The van der Waals surface area contributed by atoms with Crippen molar-refractivity contribution in [3.63, 3.8) is 0 Å². The molecule has 2 aromatic rings. The molecule has 112 valence electrons. The smallest absolute Gasteiger partial charge is 0.347 e. The Bertz CT molecular complexity index is 805. The van der Waals surface area contributed by atoms with Crippen LogP contribution in [0.5, 0.6) is 0 Å². The number of nitrogens with one attached hydrogen (secondary N) is 1. The van der Waals surface area contributed by atoms with Crippen LogP contribution < -0.4 is 4.72 Å². The molecule has 0 spiro atoms. The minimum absolute atomic E-state index is 0.108. The lowest BCUT2D eigenvalue weighted by Gasteiger charge is -2.13. The van der Waals surface area contributed by atoms with E-state index in [9.17, 15) is 18.3 Å². The third-order valence-corrected chi connectivity index (χ3v) is 6.61. The monoisotopic (exact) mass is 325 g/mol. The van der Waals surface area contributed by atoms with Gasteiger partial charge < -0.3 is 5.11 Å². The van der Waals surface area contributed by atoms with E-state index in [2.05, 4.69) is 4.72 Å². The number of sulfonamides is 1. The quantitative estimate of drug-likeness (QED) is 0.885. The van der Waals surface area contributed by atoms with Crippen molar-refractivity contribution < 1.29 is 18.3 Å². The molecule has 0 radical (unpaired) electrons. The Balaban J connectivity index is 2.13. The molecule has 1 saturated carbocycles. The summed E-state index contributed by atoms with van der Waals surface area (Å²) in [6, 6.07) is 6.69. The van der Waals surface area contributed by atoms with Crippen LogP contribution in [0.25, 0.3) is 10.1 Å². The number of fused-ring (bicyclic) bond motifs is 1. The normalized spacial score (nSPS) is 17.0. The maximum atomic E-state index is 12.6. The highest BCUT2D eigenvalue weighted by atomic mass is 32.2. The van der Waals surface area contributed by atoms with E-state index in [0.717, 1.165) is 24.2 Å². The predicted octanol–water partition coefficient (Wildman–Crippen LogP) is 2.68. The highest BCUT2D eigenvalue weighted by molar-refractivity contribution is 7.90. The summed E-state index contributed by atoms with van der Waals surface area (Å²) < 4.78 is 28.5. The van der Waals surface area contributed by atoms with Crippen LogP contribution in [0.1, 0.15) is 29.4 Å². The fourth-order valence-electron chi connectivity index (χ4n) is 2.43. The van der Waals surface area contributed by atoms with Crippen molar-refractivity contribution in [1.29, 1.82) is 0 Å². The van der Waals surface area contributed by atoms with E-state index in [1.165, 1.54) is 0 Å². The first-order valence-electron chi connectivity index (χ1n) is 6.67. The molecule has 0 amide bonds. The number of benzene rings is 1. The van der Waals surface area contributed by atoms with E-state index >= 15 is 0 Å². The molecule has 2 N–H and O–H groups in total. The molecule has 5 nitrogen and oxygen atoms in total. The number of rotatable bonds is 5. The summed E-state index contributed by atoms with van der Waals surface area (Å²) in [5.74, 6) is -0.853. The van der Waals surface area contributed by atoms with Crippen molar-refractivity contribution in [2.24, 2.45) is 5.92 Å². The zero-order chi connectivity index (χ0) is 15.2. The second kappa shape index (κ2) is 5.08. The van der Waals surface area contributed by atoms with E-state index < -0.39 is 16.0 Å². The van der Waals surface area contributed by atoms with Gasteiger partial charge in [-0.3, -0.25) is 0 Å². The Morgan fingerprint density at radius 3 is 2.67 bits per heavy atom. The minimum atomic E-state index is -3.84. The van der Waals surface area contributed by atoms with Gasteiger partial charge in [-0.25, -0.2) is 17.9 Å². The number of aromatic carboxylic acids is 1. The van der Waals surface area contributed by atoms with Crippen LogP contribution in [0.4, 0.5) is 0 Å². The van der Waals surface area contributed by atoms with Crippen molar-refractivity contribution in [1.82, 2.24) is 4.72 Å². The van der Waals surface area contributed by atoms with Crippen molar-refractivity contribution in [3.8, 4) is 0 Å². The Morgan fingerprint density at radius 1 is 1.38 bits per heavy atom. The summed E-state index contributed by atoms with van der Waals surface area (Å²) in [4.78, 5) is 11.1. The summed E-state index contributed by atoms with van der Waals surface area (Å²) in [5.41, 5.74) is 0. The topological polar surface area (TPSA) is 83.5 Å². The van der Waals surface area contributed by atoms with E-state index in [4.69, 9.17) is 0 Å². The van der Waals surface area contributed by atoms with Gasteiger partial charge in [-0.2, -0.15) is 0 Å². The van der Waals surface area contributed by atoms with Gasteiger partial charge in [0, 0.05) is 16.1 Å². The first kappa shape index (κ1) is 14.5. The van der Waals surface area contributed by atoms with Gasteiger partial charge >= 0.3 is 5.97 Å². The second-order valence-electron chi connectivity index (χ2n) is 5.31. The second-order valence-corrected chi connectivity index (χ2v) is 8.01. The van der Waals surface area contributed by atoms with Crippen LogP contribution in [0.3, 0.4) is 0 Å². The Labute approximate surface area is 126 Å². The van der Waals surface area contributed by atoms with Gasteiger partial charge in [-0.1, -0.05) is 18.2 Å². The molecule has 0 aliphatic heterocycles. The molecule has 1 aromatic carbocycles. The number of carbonyl (C=O) groups is 1. The molecule has 1 aliphatic carbocycles. The van der Waals surface area contributed by atoms with E-state index in [-0.39, 0.29) is 15.8 Å². The summed E-state index contributed by atoms with van der Waals surface area (Å²) in [6.07, 6.45) is 2.03. The van der Waals surface area contributed by atoms with Crippen molar-refractivity contribution in [2.45, 2.75) is 30.7 Å². The zero-order valence-electron chi connectivity index (χ0n) is 11.4. The van der Waals surface area contributed by atoms with Crippen LogP contribution in [0.2, 0.25) is 0 Å². The molecule has 1 heterocycles. The van der Waals surface area contributed by atoms with E-state index in [0.29, 0.717) is 16.0 Å². The summed E-state index contributed by atoms with van der Waals surface area (Å²) >= 11 is 0.991. The summed E-state index contributed by atoms with van der Waals surface area (Å²) in [7, 11) is -3.84. The van der Waals surface area contributed by atoms with E-state index in [1.54, 1.807) is 24.3 Å². The molecule has 1 fully saturated rings. The average Bonchev–Trinajstić information content (AvgIpc) is 3.17. The minimum Gasteiger partial charge on any atom is -0.477 e. The van der Waals surface area contributed by atoms with Gasteiger partial charge in [0.05, 0.1) is 0 Å².